The number of alkyl halides is 1. The molecule has 5 nitrogen and oxygen atoms in total. The van der Waals surface area contributed by atoms with Gasteiger partial charge in [-0.3, -0.25) is 9.59 Å². The van der Waals surface area contributed by atoms with Gasteiger partial charge in [0.2, 0.25) is 0 Å². The lowest BCUT2D eigenvalue weighted by atomic mass is 9.91. The van der Waals surface area contributed by atoms with E-state index in [4.69, 9.17) is 9.47 Å². The molecule has 104 valence electrons. The molecular weight excluding hydrogens is 241 g/mol. The molecule has 0 radical (unpaired) electrons. The van der Waals surface area contributed by atoms with E-state index < -0.39 is 30.1 Å². The third kappa shape index (κ3) is 3.94. The summed E-state index contributed by atoms with van der Waals surface area (Å²) in [6.45, 7) is 3.90. The normalized spacial score (nSPS) is 23.8. The lowest BCUT2D eigenvalue weighted by Gasteiger charge is -2.30. The van der Waals surface area contributed by atoms with Crippen LogP contribution >= 0.6 is 0 Å². The second-order valence-electron chi connectivity index (χ2n) is 4.17. The first-order valence-electron chi connectivity index (χ1n) is 6.30. The van der Waals surface area contributed by atoms with Crippen molar-refractivity contribution in [3.8, 4) is 0 Å². The van der Waals surface area contributed by atoms with Crippen molar-refractivity contribution in [2.75, 3.05) is 19.8 Å². The average Bonchev–Trinajstić information content (AvgIpc) is 2.33. The lowest BCUT2D eigenvalue weighted by Crippen LogP contribution is -2.50. The van der Waals surface area contributed by atoms with E-state index in [-0.39, 0.29) is 19.8 Å². The van der Waals surface area contributed by atoms with Crippen LogP contribution in [0.15, 0.2) is 0 Å². The molecule has 1 aliphatic rings. The maximum atomic E-state index is 13.0. The monoisotopic (exact) mass is 261 g/mol. The van der Waals surface area contributed by atoms with Gasteiger partial charge in [-0.1, -0.05) is 0 Å². The molecule has 0 aromatic carbocycles. The number of piperidine rings is 1. The molecule has 0 aliphatic carbocycles. The van der Waals surface area contributed by atoms with Crippen LogP contribution in [-0.2, 0) is 19.1 Å². The molecule has 1 saturated heterocycles. The van der Waals surface area contributed by atoms with Crippen LogP contribution in [0.25, 0.3) is 0 Å². The topological polar surface area (TPSA) is 64.6 Å². The number of ether oxygens (including phenoxy) is 2. The second kappa shape index (κ2) is 7.31. The summed E-state index contributed by atoms with van der Waals surface area (Å²) in [6, 6.07) is -0.407. The molecule has 2 unspecified atom stereocenters. The van der Waals surface area contributed by atoms with E-state index in [2.05, 4.69) is 5.32 Å². The smallest absolute Gasteiger partial charge is 0.321 e. The van der Waals surface area contributed by atoms with Crippen LogP contribution in [0.2, 0.25) is 0 Å². The number of hydrogen-bond donors (Lipinski definition) is 1. The van der Waals surface area contributed by atoms with Crippen LogP contribution in [0.1, 0.15) is 26.7 Å². The fraction of sp³-hybridized carbons (Fsp3) is 0.833. The molecule has 1 fully saturated rings. The van der Waals surface area contributed by atoms with Crippen molar-refractivity contribution >= 4 is 11.9 Å². The first-order valence-corrected chi connectivity index (χ1v) is 6.30. The summed E-state index contributed by atoms with van der Waals surface area (Å²) in [5.41, 5.74) is 0. The Labute approximate surface area is 106 Å². The Morgan fingerprint density at radius 2 is 1.78 bits per heavy atom. The van der Waals surface area contributed by atoms with Gasteiger partial charge in [0, 0.05) is 12.6 Å². The molecule has 0 aromatic heterocycles. The zero-order valence-electron chi connectivity index (χ0n) is 10.8. The Kier molecular flexibility index (Phi) is 6.04. The van der Waals surface area contributed by atoms with E-state index in [1.807, 2.05) is 0 Å². The summed E-state index contributed by atoms with van der Waals surface area (Å²) in [6.07, 6.45) is -0.164. The van der Waals surface area contributed by atoms with Crippen molar-refractivity contribution in [3.05, 3.63) is 0 Å². The van der Waals surface area contributed by atoms with Crippen LogP contribution < -0.4 is 5.32 Å². The van der Waals surface area contributed by atoms with Crippen LogP contribution in [0.4, 0.5) is 4.39 Å². The van der Waals surface area contributed by atoms with Gasteiger partial charge in [0.15, 0.2) is 5.92 Å². The van der Waals surface area contributed by atoms with Crippen molar-refractivity contribution < 1.29 is 23.5 Å². The number of halogens is 1. The number of carbonyl (C=O) groups excluding carboxylic acids is 2. The van der Waals surface area contributed by atoms with E-state index in [0.717, 1.165) is 0 Å². The molecule has 6 heteroatoms. The lowest BCUT2D eigenvalue weighted by molar-refractivity contribution is -0.163. The minimum Gasteiger partial charge on any atom is -0.465 e. The van der Waals surface area contributed by atoms with Crippen LogP contribution in [-0.4, -0.2) is 43.9 Å². The van der Waals surface area contributed by atoms with E-state index in [1.54, 1.807) is 13.8 Å². The fourth-order valence-corrected chi connectivity index (χ4v) is 2.02. The number of rotatable bonds is 5. The van der Waals surface area contributed by atoms with Gasteiger partial charge < -0.3 is 14.8 Å². The zero-order chi connectivity index (χ0) is 13.5. The molecule has 0 bridgehead atoms. The summed E-state index contributed by atoms with van der Waals surface area (Å²) in [5, 5.41) is 2.87. The van der Waals surface area contributed by atoms with E-state index in [1.165, 1.54) is 0 Å². The van der Waals surface area contributed by atoms with Crippen LogP contribution in [0.3, 0.4) is 0 Å². The fourth-order valence-electron chi connectivity index (χ4n) is 2.02. The maximum Gasteiger partial charge on any atom is 0.321 e. The van der Waals surface area contributed by atoms with Gasteiger partial charge >= 0.3 is 11.9 Å². The molecule has 1 heterocycles. The Balaban J connectivity index is 2.70. The number of hydrogen-bond acceptors (Lipinski definition) is 5. The van der Waals surface area contributed by atoms with E-state index >= 15 is 0 Å². The first-order chi connectivity index (χ1) is 8.60. The third-order valence-corrected chi connectivity index (χ3v) is 2.88. The van der Waals surface area contributed by atoms with Crippen LogP contribution in [0.5, 0.6) is 0 Å². The highest BCUT2D eigenvalue weighted by Gasteiger charge is 2.39. The van der Waals surface area contributed by atoms with Gasteiger partial charge in [-0.05, 0) is 26.7 Å². The minimum atomic E-state index is -1.00. The van der Waals surface area contributed by atoms with Crippen molar-refractivity contribution in [1.82, 2.24) is 5.32 Å². The molecule has 18 heavy (non-hydrogen) atoms. The SMILES string of the molecule is CCOC(=O)C(C(=O)OCC)C1CCC(F)CN1. The molecule has 0 aromatic rings. The highest BCUT2D eigenvalue weighted by atomic mass is 19.1. The minimum absolute atomic E-state index is 0.153. The summed E-state index contributed by atoms with van der Waals surface area (Å²) in [4.78, 5) is 23.6. The highest BCUT2D eigenvalue weighted by molar-refractivity contribution is 5.95. The van der Waals surface area contributed by atoms with Gasteiger partial charge in [0.25, 0.3) is 0 Å². The zero-order valence-corrected chi connectivity index (χ0v) is 10.8. The summed E-state index contributed by atoms with van der Waals surface area (Å²) < 4.78 is 22.8. The largest absolute Gasteiger partial charge is 0.465 e. The average molecular weight is 261 g/mol. The van der Waals surface area contributed by atoms with E-state index in [0.29, 0.717) is 12.8 Å². The second-order valence-corrected chi connectivity index (χ2v) is 4.17. The standard InChI is InChI=1S/C12H20FNO4/c1-3-17-11(15)10(12(16)18-4-2)9-6-5-8(13)7-14-9/h8-10,14H,3-7H2,1-2H3. The molecule has 2 atom stereocenters. The Hall–Kier alpha value is -1.17. The molecule has 0 spiro atoms. The Morgan fingerprint density at radius 3 is 2.17 bits per heavy atom. The van der Waals surface area contributed by atoms with Crippen molar-refractivity contribution in [3.63, 3.8) is 0 Å². The molecule has 0 amide bonds. The van der Waals surface area contributed by atoms with E-state index in [9.17, 15) is 14.0 Å². The van der Waals surface area contributed by atoms with Crippen LogP contribution in [0, 0.1) is 5.92 Å². The quantitative estimate of drug-likeness (QED) is 0.586. The van der Waals surface area contributed by atoms with Gasteiger partial charge in [-0.15, -0.1) is 0 Å². The predicted molar refractivity (Wildman–Crippen MR) is 62.7 cm³/mol. The molecule has 0 saturated carbocycles. The van der Waals surface area contributed by atoms with Crippen molar-refractivity contribution in [2.45, 2.75) is 38.9 Å². The highest BCUT2D eigenvalue weighted by Crippen LogP contribution is 2.20. The van der Waals surface area contributed by atoms with Crippen molar-refractivity contribution in [1.29, 1.82) is 0 Å². The summed E-state index contributed by atoms with van der Waals surface area (Å²) >= 11 is 0. The van der Waals surface area contributed by atoms with Crippen molar-refractivity contribution in [2.24, 2.45) is 5.92 Å². The Morgan fingerprint density at radius 1 is 1.22 bits per heavy atom. The molecule has 1 N–H and O–H groups in total. The van der Waals surface area contributed by atoms with Gasteiger partial charge in [-0.2, -0.15) is 0 Å². The van der Waals surface area contributed by atoms with Gasteiger partial charge in [0.05, 0.1) is 13.2 Å². The number of carbonyl (C=O) groups is 2. The number of esters is 2. The first kappa shape index (κ1) is 14.9. The van der Waals surface area contributed by atoms with Gasteiger partial charge in [-0.25, -0.2) is 4.39 Å². The number of nitrogens with one attached hydrogen (secondary N) is 1. The third-order valence-electron chi connectivity index (χ3n) is 2.88. The predicted octanol–water partition coefficient (Wildman–Crippen LogP) is 0.819. The molecule has 1 rings (SSSR count). The summed E-state index contributed by atoms with van der Waals surface area (Å²) in [5.74, 6) is -2.21. The van der Waals surface area contributed by atoms with Gasteiger partial charge in [0.1, 0.15) is 6.17 Å². The Bertz CT molecular complexity index is 272. The maximum absolute atomic E-state index is 13.0. The molecule has 1 aliphatic heterocycles. The summed E-state index contributed by atoms with van der Waals surface area (Å²) in [7, 11) is 0. The molecular formula is C12H20FNO4.